The first-order chi connectivity index (χ1) is 6.76. The van der Waals surface area contributed by atoms with Crippen LogP contribution in [0.4, 0.5) is 0 Å². The van der Waals surface area contributed by atoms with E-state index in [0.29, 0.717) is 12.5 Å². The maximum absolute atomic E-state index is 5.47. The molecular weight excluding hydrogens is 182 g/mol. The van der Waals surface area contributed by atoms with Crippen molar-refractivity contribution in [3.8, 4) is 0 Å². The van der Waals surface area contributed by atoms with Crippen LogP contribution in [0, 0.1) is 0 Å². The van der Waals surface area contributed by atoms with Crippen molar-refractivity contribution in [2.75, 3.05) is 13.6 Å². The second-order valence-corrected chi connectivity index (χ2v) is 3.14. The van der Waals surface area contributed by atoms with Crippen LogP contribution in [-0.2, 0) is 17.8 Å². The summed E-state index contributed by atoms with van der Waals surface area (Å²) >= 11 is 0. The maximum Gasteiger partial charge on any atom is 0.252 e. The average Bonchev–Trinajstić information content (AvgIpc) is 2.63. The third-order valence-corrected chi connectivity index (χ3v) is 1.81. The van der Waals surface area contributed by atoms with Crippen LogP contribution in [0.1, 0.15) is 25.6 Å². The summed E-state index contributed by atoms with van der Waals surface area (Å²) in [6.07, 6.45) is 0.937. The molecule has 1 heterocycles. The lowest BCUT2D eigenvalue weighted by Gasteiger charge is -2.09. The van der Waals surface area contributed by atoms with Gasteiger partial charge in [-0.25, -0.2) is 0 Å². The highest BCUT2D eigenvalue weighted by Crippen LogP contribution is 2.01. The lowest BCUT2D eigenvalue weighted by atomic mass is 10.4. The Balaban J connectivity index is 2.30. The molecule has 5 nitrogen and oxygen atoms in total. The van der Waals surface area contributed by atoms with E-state index in [-0.39, 0.29) is 6.10 Å². The summed E-state index contributed by atoms with van der Waals surface area (Å²) in [5, 5.41) is 6.81. The van der Waals surface area contributed by atoms with Crippen molar-refractivity contribution in [3.63, 3.8) is 0 Å². The molecule has 0 aliphatic heterocycles. The fourth-order valence-electron chi connectivity index (χ4n) is 1.05. The van der Waals surface area contributed by atoms with Gasteiger partial charge in [-0.05, 0) is 14.0 Å². The molecule has 0 bridgehead atoms. The topological polar surface area (TPSA) is 60.2 Å². The first kappa shape index (κ1) is 11.1. The number of hydrogen-bond acceptors (Lipinski definition) is 5. The summed E-state index contributed by atoms with van der Waals surface area (Å²) < 4.78 is 10.4. The minimum atomic E-state index is 0.150. The molecule has 1 rings (SSSR count). The molecule has 0 aliphatic carbocycles. The molecule has 0 radical (unpaired) electrons. The zero-order valence-electron chi connectivity index (χ0n) is 8.91. The van der Waals surface area contributed by atoms with Crippen LogP contribution in [0.15, 0.2) is 4.52 Å². The van der Waals surface area contributed by atoms with E-state index in [1.807, 2.05) is 20.9 Å². The lowest BCUT2D eigenvalue weighted by molar-refractivity contribution is 0.0386. The van der Waals surface area contributed by atoms with Crippen LogP contribution in [0.3, 0.4) is 0 Å². The van der Waals surface area contributed by atoms with Crippen molar-refractivity contribution in [2.45, 2.75) is 33.0 Å². The summed E-state index contributed by atoms with van der Waals surface area (Å²) in [4.78, 5) is 4.14. The molecule has 0 saturated carbocycles. The quantitative estimate of drug-likeness (QED) is 0.732. The zero-order chi connectivity index (χ0) is 10.4. The summed E-state index contributed by atoms with van der Waals surface area (Å²) in [6, 6.07) is 0. The molecule has 14 heavy (non-hydrogen) atoms. The van der Waals surface area contributed by atoms with Gasteiger partial charge in [0.05, 0.1) is 6.10 Å². The van der Waals surface area contributed by atoms with Crippen molar-refractivity contribution in [1.29, 1.82) is 0 Å². The second kappa shape index (κ2) is 5.72. The van der Waals surface area contributed by atoms with E-state index in [4.69, 9.17) is 9.26 Å². The third-order valence-electron chi connectivity index (χ3n) is 1.81. The number of aryl methyl sites for hydroxylation is 1. The molecule has 0 saturated heterocycles. The number of rotatable bonds is 6. The zero-order valence-corrected chi connectivity index (χ0v) is 8.91. The van der Waals surface area contributed by atoms with Gasteiger partial charge < -0.3 is 14.6 Å². The molecule has 0 amide bonds. The number of ether oxygens (including phenoxy) is 1. The Labute approximate surface area is 83.8 Å². The normalized spacial score (nSPS) is 13.1. The standard InChI is InChI=1S/C9H17N3O2/c1-4-8-11-9(14-12-8)6-13-7(2)5-10-3/h7,10H,4-6H2,1-3H3. The average molecular weight is 199 g/mol. The second-order valence-electron chi connectivity index (χ2n) is 3.14. The molecule has 0 aliphatic rings. The van der Waals surface area contributed by atoms with Crippen molar-refractivity contribution in [1.82, 2.24) is 15.5 Å². The van der Waals surface area contributed by atoms with Gasteiger partial charge in [-0.2, -0.15) is 4.98 Å². The first-order valence-corrected chi connectivity index (χ1v) is 4.84. The van der Waals surface area contributed by atoms with Gasteiger partial charge >= 0.3 is 0 Å². The predicted octanol–water partition coefficient (Wildman–Crippen LogP) is 0.756. The van der Waals surface area contributed by atoms with Gasteiger partial charge in [-0.15, -0.1) is 0 Å². The van der Waals surface area contributed by atoms with E-state index in [1.54, 1.807) is 0 Å². The van der Waals surface area contributed by atoms with Crippen LogP contribution in [-0.4, -0.2) is 29.8 Å². The smallest absolute Gasteiger partial charge is 0.252 e. The van der Waals surface area contributed by atoms with Crippen LogP contribution in [0.25, 0.3) is 0 Å². The molecule has 0 spiro atoms. The SMILES string of the molecule is CCc1noc(COC(C)CNC)n1. The van der Waals surface area contributed by atoms with Crippen molar-refractivity contribution >= 4 is 0 Å². The van der Waals surface area contributed by atoms with E-state index in [9.17, 15) is 0 Å². The van der Waals surface area contributed by atoms with Gasteiger partial charge in [0.2, 0.25) is 0 Å². The first-order valence-electron chi connectivity index (χ1n) is 4.84. The Morgan fingerprint density at radius 1 is 1.57 bits per heavy atom. The largest absolute Gasteiger partial charge is 0.367 e. The van der Waals surface area contributed by atoms with Crippen LogP contribution in [0.2, 0.25) is 0 Å². The number of hydrogen-bond donors (Lipinski definition) is 1. The Bertz CT molecular complexity index is 262. The maximum atomic E-state index is 5.47. The molecule has 0 fully saturated rings. The summed E-state index contributed by atoms with van der Waals surface area (Å²) in [5.74, 6) is 1.27. The van der Waals surface area contributed by atoms with Gasteiger partial charge in [0.25, 0.3) is 5.89 Å². The molecule has 5 heteroatoms. The fraction of sp³-hybridized carbons (Fsp3) is 0.778. The van der Waals surface area contributed by atoms with Crippen LogP contribution < -0.4 is 5.32 Å². The number of likely N-dealkylation sites (N-methyl/N-ethyl adjacent to an activating group) is 1. The van der Waals surface area contributed by atoms with Crippen molar-refractivity contribution in [3.05, 3.63) is 11.7 Å². The molecule has 1 aromatic rings. The Morgan fingerprint density at radius 2 is 2.36 bits per heavy atom. The van der Waals surface area contributed by atoms with Gasteiger partial charge in [0, 0.05) is 13.0 Å². The van der Waals surface area contributed by atoms with Crippen molar-refractivity contribution in [2.24, 2.45) is 0 Å². The van der Waals surface area contributed by atoms with E-state index < -0.39 is 0 Å². The molecule has 1 N–H and O–H groups in total. The molecule has 1 unspecified atom stereocenters. The molecule has 1 aromatic heterocycles. The van der Waals surface area contributed by atoms with Crippen LogP contribution >= 0.6 is 0 Å². The van der Waals surface area contributed by atoms with E-state index in [0.717, 1.165) is 18.8 Å². The van der Waals surface area contributed by atoms with Gasteiger partial charge in [-0.3, -0.25) is 0 Å². The van der Waals surface area contributed by atoms with E-state index in [2.05, 4.69) is 15.5 Å². The minimum Gasteiger partial charge on any atom is -0.367 e. The van der Waals surface area contributed by atoms with Crippen molar-refractivity contribution < 1.29 is 9.26 Å². The molecular formula is C9H17N3O2. The number of aromatic nitrogens is 2. The van der Waals surface area contributed by atoms with E-state index in [1.165, 1.54) is 0 Å². The van der Waals surface area contributed by atoms with Gasteiger partial charge in [0.15, 0.2) is 5.82 Å². The number of nitrogens with one attached hydrogen (secondary N) is 1. The molecule has 1 atom stereocenters. The minimum absolute atomic E-state index is 0.150. The summed E-state index contributed by atoms with van der Waals surface area (Å²) in [6.45, 7) is 5.18. The third kappa shape index (κ3) is 3.43. The highest BCUT2D eigenvalue weighted by molar-refractivity contribution is 4.83. The Kier molecular flexibility index (Phi) is 4.55. The monoisotopic (exact) mass is 199 g/mol. The van der Waals surface area contributed by atoms with Gasteiger partial charge in [-0.1, -0.05) is 12.1 Å². The molecule has 80 valence electrons. The van der Waals surface area contributed by atoms with Gasteiger partial charge in [0.1, 0.15) is 6.61 Å². The van der Waals surface area contributed by atoms with Crippen LogP contribution in [0.5, 0.6) is 0 Å². The summed E-state index contributed by atoms with van der Waals surface area (Å²) in [7, 11) is 1.89. The van der Waals surface area contributed by atoms with E-state index >= 15 is 0 Å². The Morgan fingerprint density at radius 3 is 2.93 bits per heavy atom. The fourth-order valence-corrected chi connectivity index (χ4v) is 1.05. The summed E-state index contributed by atoms with van der Waals surface area (Å²) in [5.41, 5.74) is 0. The highest BCUT2D eigenvalue weighted by atomic mass is 16.5. The lowest BCUT2D eigenvalue weighted by Crippen LogP contribution is -2.23. The predicted molar refractivity (Wildman–Crippen MR) is 51.9 cm³/mol. The molecule has 0 aromatic carbocycles. The highest BCUT2D eigenvalue weighted by Gasteiger charge is 2.06. The number of nitrogens with zero attached hydrogens (tertiary/aromatic N) is 2. The Hall–Kier alpha value is -0.940.